The summed E-state index contributed by atoms with van der Waals surface area (Å²) in [5.41, 5.74) is 0.949. The van der Waals surface area contributed by atoms with Crippen molar-refractivity contribution < 1.29 is 9.66 Å². The third-order valence-electron chi connectivity index (χ3n) is 4.23. The molecule has 0 aromatic heterocycles. The van der Waals surface area contributed by atoms with E-state index in [0.29, 0.717) is 24.7 Å². The molecule has 7 nitrogen and oxygen atoms in total. The van der Waals surface area contributed by atoms with Gasteiger partial charge in [0, 0.05) is 25.7 Å². The van der Waals surface area contributed by atoms with E-state index in [-0.39, 0.29) is 40.7 Å². The molecular formula is C15H21IN4O3. The van der Waals surface area contributed by atoms with Gasteiger partial charge < -0.3 is 15.4 Å². The fourth-order valence-electron chi connectivity index (χ4n) is 3.13. The molecule has 3 unspecified atom stereocenters. The predicted octanol–water partition coefficient (Wildman–Crippen LogP) is 2.20. The number of nitrogens with one attached hydrogen (secondary N) is 2. The van der Waals surface area contributed by atoms with Gasteiger partial charge in [-0.3, -0.25) is 15.1 Å². The highest BCUT2D eigenvalue weighted by molar-refractivity contribution is 14.0. The molecule has 2 aliphatic rings. The second kappa shape index (κ2) is 7.91. The normalized spacial score (nSPS) is 25.8. The number of nitro benzene ring substituents is 1. The first-order chi connectivity index (χ1) is 10.7. The molecule has 1 aromatic rings. The summed E-state index contributed by atoms with van der Waals surface area (Å²) < 4.78 is 5.81. The van der Waals surface area contributed by atoms with Crippen LogP contribution < -0.4 is 10.6 Å². The Balaban J connectivity index is 0.00000192. The summed E-state index contributed by atoms with van der Waals surface area (Å²) in [5, 5.41) is 17.4. The zero-order chi connectivity index (χ0) is 15.5. The standard InChI is InChI=1S/C15H20N4O3.HI/c1-16-15(18-13-8-12-5-6-14(13)22-12)17-9-10-3-2-4-11(7-10)19(20)21;/h2-4,7,12-14H,5-6,8-9H2,1H3,(H2,16,17,18);1H. The Labute approximate surface area is 152 Å². The van der Waals surface area contributed by atoms with Crippen molar-refractivity contribution in [3.63, 3.8) is 0 Å². The second-order valence-corrected chi connectivity index (χ2v) is 5.71. The van der Waals surface area contributed by atoms with Crippen LogP contribution in [0.4, 0.5) is 5.69 Å². The molecule has 2 bridgehead atoms. The molecule has 3 atom stereocenters. The van der Waals surface area contributed by atoms with Crippen molar-refractivity contribution >= 4 is 35.6 Å². The van der Waals surface area contributed by atoms with Gasteiger partial charge in [0.2, 0.25) is 0 Å². The van der Waals surface area contributed by atoms with Gasteiger partial charge in [0.05, 0.1) is 23.2 Å². The molecule has 2 fully saturated rings. The van der Waals surface area contributed by atoms with Crippen LogP contribution in [0.15, 0.2) is 29.3 Å². The molecule has 1 aromatic carbocycles. The molecule has 2 saturated heterocycles. The highest BCUT2D eigenvalue weighted by Crippen LogP contribution is 2.34. The van der Waals surface area contributed by atoms with Crippen LogP contribution in [0.2, 0.25) is 0 Å². The highest BCUT2D eigenvalue weighted by atomic mass is 127. The number of non-ortho nitro benzene ring substituents is 1. The fourth-order valence-corrected chi connectivity index (χ4v) is 3.13. The topological polar surface area (TPSA) is 88.8 Å². The maximum atomic E-state index is 10.8. The quantitative estimate of drug-likeness (QED) is 0.251. The van der Waals surface area contributed by atoms with Crippen molar-refractivity contribution in [2.75, 3.05) is 7.05 Å². The molecule has 8 heteroatoms. The number of ether oxygens (including phenoxy) is 1. The molecule has 3 rings (SSSR count). The monoisotopic (exact) mass is 432 g/mol. The third-order valence-corrected chi connectivity index (χ3v) is 4.23. The summed E-state index contributed by atoms with van der Waals surface area (Å²) in [6, 6.07) is 6.91. The van der Waals surface area contributed by atoms with Crippen LogP contribution in [0.1, 0.15) is 24.8 Å². The lowest BCUT2D eigenvalue weighted by atomic mass is 9.96. The fraction of sp³-hybridized carbons (Fsp3) is 0.533. The number of guanidine groups is 1. The lowest BCUT2D eigenvalue weighted by Gasteiger charge is -2.22. The minimum absolute atomic E-state index is 0. The van der Waals surface area contributed by atoms with Crippen molar-refractivity contribution in [3.8, 4) is 0 Å². The van der Waals surface area contributed by atoms with Crippen molar-refractivity contribution in [1.82, 2.24) is 10.6 Å². The van der Waals surface area contributed by atoms with E-state index < -0.39 is 0 Å². The minimum atomic E-state index is -0.386. The van der Waals surface area contributed by atoms with Crippen LogP contribution in [0.3, 0.4) is 0 Å². The van der Waals surface area contributed by atoms with E-state index in [4.69, 9.17) is 4.74 Å². The van der Waals surface area contributed by atoms with Crippen molar-refractivity contribution in [1.29, 1.82) is 0 Å². The first kappa shape index (κ1) is 17.9. The number of hydrogen-bond acceptors (Lipinski definition) is 4. The van der Waals surface area contributed by atoms with Gasteiger partial charge in [-0.05, 0) is 24.8 Å². The molecule has 0 radical (unpaired) electrons. The molecule has 0 spiro atoms. The Hall–Kier alpha value is -1.42. The predicted molar refractivity (Wildman–Crippen MR) is 98.1 cm³/mol. The van der Waals surface area contributed by atoms with Crippen LogP contribution in [0.25, 0.3) is 0 Å². The van der Waals surface area contributed by atoms with Crippen molar-refractivity contribution in [2.24, 2.45) is 4.99 Å². The number of hydrogen-bond donors (Lipinski definition) is 2. The summed E-state index contributed by atoms with van der Waals surface area (Å²) in [6.07, 6.45) is 3.94. The number of nitrogens with zero attached hydrogens (tertiary/aromatic N) is 2. The summed E-state index contributed by atoms with van der Waals surface area (Å²) >= 11 is 0. The summed E-state index contributed by atoms with van der Waals surface area (Å²) in [4.78, 5) is 14.6. The largest absolute Gasteiger partial charge is 0.373 e. The maximum absolute atomic E-state index is 10.8. The van der Waals surface area contributed by atoms with Crippen LogP contribution in [-0.2, 0) is 11.3 Å². The van der Waals surface area contributed by atoms with E-state index >= 15 is 0 Å². The van der Waals surface area contributed by atoms with Gasteiger partial charge in [-0.1, -0.05) is 12.1 Å². The van der Waals surface area contributed by atoms with Crippen LogP contribution in [-0.4, -0.2) is 36.2 Å². The molecule has 2 heterocycles. The van der Waals surface area contributed by atoms with Crippen LogP contribution in [0, 0.1) is 10.1 Å². The Bertz CT molecular complexity index is 596. The zero-order valence-corrected chi connectivity index (χ0v) is 15.2. The zero-order valence-electron chi connectivity index (χ0n) is 12.9. The summed E-state index contributed by atoms with van der Waals surface area (Å²) in [5.74, 6) is 0.702. The highest BCUT2D eigenvalue weighted by Gasteiger charge is 2.41. The SMILES string of the molecule is CN=C(NCc1cccc([N+](=O)[O-])c1)NC1CC2CCC1O2.I. The molecule has 0 aliphatic carbocycles. The van der Waals surface area contributed by atoms with Gasteiger partial charge >= 0.3 is 0 Å². The van der Waals surface area contributed by atoms with Crippen molar-refractivity contribution in [2.45, 2.75) is 44.1 Å². The molecular weight excluding hydrogens is 411 g/mol. The van der Waals surface area contributed by atoms with E-state index in [2.05, 4.69) is 15.6 Å². The van der Waals surface area contributed by atoms with Crippen LogP contribution in [0.5, 0.6) is 0 Å². The summed E-state index contributed by atoms with van der Waals surface area (Å²) in [7, 11) is 1.72. The Morgan fingerprint density at radius 3 is 2.91 bits per heavy atom. The van der Waals surface area contributed by atoms with Gasteiger partial charge in [-0.2, -0.15) is 0 Å². The smallest absolute Gasteiger partial charge is 0.269 e. The number of rotatable bonds is 4. The van der Waals surface area contributed by atoms with E-state index in [1.54, 1.807) is 19.2 Å². The second-order valence-electron chi connectivity index (χ2n) is 5.71. The van der Waals surface area contributed by atoms with Gasteiger partial charge in [-0.15, -0.1) is 24.0 Å². The average molecular weight is 432 g/mol. The van der Waals surface area contributed by atoms with E-state index in [9.17, 15) is 10.1 Å². The first-order valence-corrected chi connectivity index (χ1v) is 7.51. The van der Waals surface area contributed by atoms with Gasteiger partial charge in [0.1, 0.15) is 0 Å². The maximum Gasteiger partial charge on any atom is 0.269 e. The van der Waals surface area contributed by atoms with Gasteiger partial charge in [-0.25, -0.2) is 0 Å². The third kappa shape index (κ3) is 4.31. The van der Waals surface area contributed by atoms with Crippen molar-refractivity contribution in [3.05, 3.63) is 39.9 Å². The van der Waals surface area contributed by atoms with E-state index in [0.717, 1.165) is 24.8 Å². The Kier molecular flexibility index (Phi) is 6.17. The molecule has 0 saturated carbocycles. The van der Waals surface area contributed by atoms with E-state index in [1.807, 2.05) is 6.07 Å². The molecule has 0 amide bonds. The number of nitro groups is 1. The number of fused-ring (bicyclic) bond motifs is 2. The lowest BCUT2D eigenvalue weighted by molar-refractivity contribution is -0.384. The lowest BCUT2D eigenvalue weighted by Crippen LogP contribution is -2.47. The Morgan fingerprint density at radius 1 is 1.48 bits per heavy atom. The van der Waals surface area contributed by atoms with Gasteiger partial charge in [0.15, 0.2) is 5.96 Å². The minimum Gasteiger partial charge on any atom is -0.373 e. The number of benzene rings is 1. The van der Waals surface area contributed by atoms with Crippen LogP contribution >= 0.6 is 24.0 Å². The first-order valence-electron chi connectivity index (χ1n) is 7.51. The number of aliphatic imine (C=N–C) groups is 1. The molecule has 2 N–H and O–H groups in total. The average Bonchev–Trinajstić information content (AvgIpc) is 3.14. The Morgan fingerprint density at radius 2 is 2.30 bits per heavy atom. The molecule has 2 aliphatic heterocycles. The summed E-state index contributed by atoms with van der Waals surface area (Å²) in [6.45, 7) is 0.489. The van der Waals surface area contributed by atoms with Gasteiger partial charge in [0.25, 0.3) is 5.69 Å². The van der Waals surface area contributed by atoms with E-state index in [1.165, 1.54) is 6.07 Å². The molecule has 23 heavy (non-hydrogen) atoms. The number of halogens is 1. The molecule has 126 valence electrons.